The molecule has 0 radical (unpaired) electrons. The number of esters is 1. The zero-order valence-electron chi connectivity index (χ0n) is 14.5. The van der Waals surface area contributed by atoms with E-state index in [4.69, 9.17) is 4.74 Å². The molecule has 1 aliphatic carbocycles. The van der Waals surface area contributed by atoms with Crippen molar-refractivity contribution in [2.24, 2.45) is 17.8 Å². The summed E-state index contributed by atoms with van der Waals surface area (Å²) in [7, 11) is 0. The molecule has 0 unspecified atom stereocenters. The van der Waals surface area contributed by atoms with Gasteiger partial charge in [-0.1, -0.05) is 39.0 Å². The standard InChI is InChI=1S/C16H25N3O4S/c1-8(2)11-6-5-9(3)7-12(11)23-15(21)10(4)24-14-13(20)17-16(22)19-18-14/h8-12H,5-7H2,1-4H3,(H2,17,19,20,22)/t9-,10+,11-,12-/m1/s1. The van der Waals surface area contributed by atoms with Gasteiger partial charge in [0, 0.05) is 0 Å². The van der Waals surface area contributed by atoms with Crippen molar-refractivity contribution in [2.75, 3.05) is 0 Å². The molecule has 0 aromatic carbocycles. The third-order valence-corrected chi connectivity index (χ3v) is 5.58. The summed E-state index contributed by atoms with van der Waals surface area (Å²) in [6, 6.07) is 0. The molecule has 1 saturated carbocycles. The number of nitrogens with one attached hydrogen (secondary N) is 2. The largest absolute Gasteiger partial charge is 0.461 e. The number of ether oxygens (including phenoxy) is 1. The third kappa shape index (κ3) is 4.72. The molecule has 7 nitrogen and oxygen atoms in total. The van der Waals surface area contributed by atoms with Crippen molar-refractivity contribution in [1.82, 2.24) is 15.2 Å². The first-order valence-corrected chi connectivity index (χ1v) is 9.22. The van der Waals surface area contributed by atoms with E-state index in [1.807, 2.05) is 0 Å². The number of aromatic nitrogens is 3. The molecule has 1 aromatic rings. The minimum absolute atomic E-state index is 0.0523. The van der Waals surface area contributed by atoms with Crippen LogP contribution in [0.1, 0.15) is 47.0 Å². The molecule has 24 heavy (non-hydrogen) atoms. The highest BCUT2D eigenvalue weighted by Gasteiger charge is 2.34. The fourth-order valence-corrected chi connectivity index (χ4v) is 3.87. The molecule has 8 heteroatoms. The van der Waals surface area contributed by atoms with Gasteiger partial charge in [-0.3, -0.25) is 14.6 Å². The first kappa shape index (κ1) is 18.8. The number of thioether (sulfide) groups is 1. The summed E-state index contributed by atoms with van der Waals surface area (Å²) in [5.41, 5.74) is -1.27. The van der Waals surface area contributed by atoms with Gasteiger partial charge in [0.25, 0.3) is 5.56 Å². The van der Waals surface area contributed by atoms with E-state index in [0.29, 0.717) is 17.8 Å². The van der Waals surface area contributed by atoms with E-state index in [2.05, 4.69) is 36.0 Å². The molecule has 1 fully saturated rings. The van der Waals surface area contributed by atoms with Crippen molar-refractivity contribution >= 4 is 17.7 Å². The van der Waals surface area contributed by atoms with Crippen LogP contribution in [0.3, 0.4) is 0 Å². The second-order valence-electron chi connectivity index (χ2n) is 6.87. The minimum Gasteiger partial charge on any atom is -0.461 e. The highest BCUT2D eigenvalue weighted by Crippen LogP contribution is 2.36. The Balaban J connectivity index is 2.01. The maximum absolute atomic E-state index is 12.4. The SMILES string of the molecule is CC(C)[C@H]1CC[C@@H](C)C[C@H]1OC(=O)[C@H](C)Sc1n[nH]c(=O)[nH]c1=O. The molecule has 0 aliphatic heterocycles. The van der Waals surface area contributed by atoms with E-state index in [-0.39, 0.29) is 17.1 Å². The van der Waals surface area contributed by atoms with Crippen molar-refractivity contribution in [3.05, 3.63) is 20.8 Å². The van der Waals surface area contributed by atoms with Crippen molar-refractivity contribution < 1.29 is 9.53 Å². The van der Waals surface area contributed by atoms with Crippen LogP contribution in [0.4, 0.5) is 0 Å². The van der Waals surface area contributed by atoms with Crippen LogP contribution in [0.5, 0.6) is 0 Å². The smallest absolute Gasteiger partial charge is 0.342 e. The van der Waals surface area contributed by atoms with E-state index in [0.717, 1.165) is 31.0 Å². The second-order valence-corrected chi connectivity index (χ2v) is 8.20. The Morgan fingerprint density at radius 2 is 2.00 bits per heavy atom. The van der Waals surface area contributed by atoms with Crippen LogP contribution in [0, 0.1) is 17.8 Å². The van der Waals surface area contributed by atoms with Crippen molar-refractivity contribution in [3.8, 4) is 0 Å². The van der Waals surface area contributed by atoms with E-state index in [9.17, 15) is 14.4 Å². The first-order valence-electron chi connectivity index (χ1n) is 8.34. The predicted molar refractivity (Wildman–Crippen MR) is 92.0 cm³/mol. The van der Waals surface area contributed by atoms with Gasteiger partial charge in [0.15, 0.2) is 5.03 Å². The Morgan fingerprint density at radius 1 is 1.29 bits per heavy atom. The Bertz CT molecular complexity index is 684. The lowest BCUT2D eigenvalue weighted by molar-refractivity contribution is -0.154. The van der Waals surface area contributed by atoms with Gasteiger partial charge in [0.2, 0.25) is 0 Å². The molecule has 0 saturated heterocycles. The monoisotopic (exact) mass is 355 g/mol. The fraction of sp³-hybridized carbons (Fsp3) is 0.750. The first-order chi connectivity index (χ1) is 11.3. The Hall–Kier alpha value is -1.57. The number of aromatic amines is 2. The Morgan fingerprint density at radius 3 is 2.62 bits per heavy atom. The molecule has 0 spiro atoms. The van der Waals surface area contributed by atoms with Gasteiger partial charge in [-0.05, 0) is 37.5 Å². The van der Waals surface area contributed by atoms with Gasteiger partial charge < -0.3 is 4.74 Å². The van der Waals surface area contributed by atoms with Crippen LogP contribution in [0.15, 0.2) is 14.6 Å². The van der Waals surface area contributed by atoms with Crippen molar-refractivity contribution in [3.63, 3.8) is 0 Å². The number of carbonyl (C=O) groups excluding carboxylic acids is 1. The van der Waals surface area contributed by atoms with Gasteiger partial charge in [-0.25, -0.2) is 9.89 Å². The number of nitrogens with zero attached hydrogens (tertiary/aromatic N) is 1. The zero-order valence-corrected chi connectivity index (χ0v) is 15.3. The molecule has 1 heterocycles. The number of hydrogen-bond donors (Lipinski definition) is 2. The topological polar surface area (TPSA) is 105 Å². The highest BCUT2D eigenvalue weighted by molar-refractivity contribution is 8.00. The van der Waals surface area contributed by atoms with Gasteiger partial charge in [-0.15, -0.1) is 0 Å². The maximum atomic E-state index is 12.4. The van der Waals surface area contributed by atoms with E-state index in [1.54, 1.807) is 6.92 Å². The Labute approximate surface area is 145 Å². The molecule has 134 valence electrons. The second kappa shape index (κ2) is 8.00. The number of hydrogen-bond acceptors (Lipinski definition) is 6. The van der Waals surface area contributed by atoms with E-state index < -0.39 is 16.5 Å². The van der Waals surface area contributed by atoms with Crippen molar-refractivity contribution in [1.29, 1.82) is 0 Å². The van der Waals surface area contributed by atoms with Gasteiger partial charge in [0.1, 0.15) is 11.4 Å². The molecule has 1 aliphatic rings. The zero-order chi connectivity index (χ0) is 17.9. The summed E-state index contributed by atoms with van der Waals surface area (Å²) in [5.74, 6) is 1.03. The lowest BCUT2D eigenvalue weighted by Crippen LogP contribution is -2.37. The quantitative estimate of drug-likeness (QED) is 0.618. The maximum Gasteiger partial charge on any atom is 0.342 e. The lowest BCUT2D eigenvalue weighted by atomic mass is 9.75. The number of carbonyl (C=O) groups is 1. The van der Waals surface area contributed by atoms with Gasteiger partial charge in [0.05, 0.1) is 0 Å². The highest BCUT2D eigenvalue weighted by atomic mass is 32.2. The summed E-state index contributed by atoms with van der Waals surface area (Å²) in [6.07, 6.45) is 3.03. The average Bonchev–Trinajstić information content (AvgIpc) is 2.49. The molecule has 2 rings (SSSR count). The van der Waals surface area contributed by atoms with Gasteiger partial charge >= 0.3 is 11.7 Å². The van der Waals surface area contributed by atoms with E-state index in [1.165, 1.54) is 0 Å². The number of H-pyrrole nitrogens is 2. The summed E-state index contributed by atoms with van der Waals surface area (Å²) >= 11 is 0.986. The Kier molecular flexibility index (Phi) is 6.26. The molecule has 0 amide bonds. The van der Waals surface area contributed by atoms with Crippen LogP contribution in [0.2, 0.25) is 0 Å². The summed E-state index contributed by atoms with van der Waals surface area (Å²) in [6.45, 7) is 8.17. The molecular weight excluding hydrogens is 330 g/mol. The number of rotatable bonds is 5. The lowest BCUT2D eigenvalue weighted by Gasteiger charge is -2.37. The summed E-state index contributed by atoms with van der Waals surface area (Å²) < 4.78 is 5.76. The van der Waals surface area contributed by atoms with Crippen LogP contribution in [0.25, 0.3) is 0 Å². The van der Waals surface area contributed by atoms with Gasteiger partial charge in [-0.2, -0.15) is 5.10 Å². The van der Waals surface area contributed by atoms with Crippen molar-refractivity contribution in [2.45, 2.75) is 63.3 Å². The van der Waals surface area contributed by atoms with E-state index >= 15 is 0 Å². The van der Waals surface area contributed by atoms with Crippen LogP contribution >= 0.6 is 11.8 Å². The molecular formula is C16H25N3O4S. The molecule has 4 atom stereocenters. The summed E-state index contributed by atoms with van der Waals surface area (Å²) in [4.78, 5) is 37.1. The summed E-state index contributed by atoms with van der Waals surface area (Å²) in [5, 5.41) is 5.31. The predicted octanol–water partition coefficient (Wildman–Crippen LogP) is 1.94. The van der Waals surface area contributed by atoms with Crippen LogP contribution < -0.4 is 11.2 Å². The van der Waals surface area contributed by atoms with Crippen LogP contribution in [-0.4, -0.2) is 32.5 Å². The average molecular weight is 355 g/mol. The molecule has 1 aromatic heterocycles. The normalized spacial score (nSPS) is 25.5. The van der Waals surface area contributed by atoms with Crippen LogP contribution in [-0.2, 0) is 9.53 Å². The fourth-order valence-electron chi connectivity index (χ4n) is 3.13. The molecule has 0 bridgehead atoms. The minimum atomic E-state index is -0.671. The third-order valence-electron chi connectivity index (χ3n) is 4.53. The molecule has 2 N–H and O–H groups in total.